The van der Waals surface area contributed by atoms with Gasteiger partial charge in [-0.3, -0.25) is 9.48 Å². The fraction of sp³-hybridized carbons (Fsp3) is 0.286. The van der Waals surface area contributed by atoms with Crippen molar-refractivity contribution in [2.24, 2.45) is 5.73 Å². The Balaban J connectivity index is 0.00000200. The summed E-state index contributed by atoms with van der Waals surface area (Å²) >= 11 is 0. The Labute approximate surface area is 136 Å². The summed E-state index contributed by atoms with van der Waals surface area (Å²) in [6.07, 6.45) is 3.94. The van der Waals surface area contributed by atoms with Gasteiger partial charge in [0.05, 0.1) is 0 Å². The van der Waals surface area contributed by atoms with E-state index in [1.54, 1.807) is 10.9 Å². The van der Waals surface area contributed by atoms with E-state index in [-0.39, 0.29) is 36.8 Å². The summed E-state index contributed by atoms with van der Waals surface area (Å²) < 4.78 is 1.73. The van der Waals surface area contributed by atoms with Crippen molar-refractivity contribution in [3.05, 3.63) is 54.4 Å². The van der Waals surface area contributed by atoms with Gasteiger partial charge in [0, 0.05) is 37.9 Å². The second-order valence-corrected chi connectivity index (χ2v) is 4.34. The van der Waals surface area contributed by atoms with Gasteiger partial charge in [0.2, 0.25) is 5.91 Å². The Morgan fingerprint density at radius 2 is 1.95 bits per heavy atom. The minimum atomic E-state index is -0.171. The normalized spacial score (nSPS) is 10.9. The van der Waals surface area contributed by atoms with E-state index in [1.165, 1.54) is 0 Å². The van der Waals surface area contributed by atoms with Crippen LogP contribution in [0.1, 0.15) is 18.0 Å². The molecule has 0 saturated heterocycles. The third kappa shape index (κ3) is 6.62. The van der Waals surface area contributed by atoms with Crippen molar-refractivity contribution in [3.63, 3.8) is 0 Å². The van der Waals surface area contributed by atoms with Crippen LogP contribution in [0.5, 0.6) is 0 Å². The molecule has 1 heterocycles. The Morgan fingerprint density at radius 3 is 2.57 bits per heavy atom. The summed E-state index contributed by atoms with van der Waals surface area (Å²) in [5.41, 5.74) is 7.02. The number of rotatable bonds is 6. The quantitative estimate of drug-likeness (QED) is 0.850. The summed E-state index contributed by atoms with van der Waals surface area (Å²) in [5, 5.41) is 6.88. The molecule has 2 rings (SSSR count). The minimum Gasteiger partial charge on any atom is -0.354 e. The summed E-state index contributed by atoms with van der Waals surface area (Å²) in [5.74, 6) is -0.0121. The molecule has 1 aromatic heterocycles. The van der Waals surface area contributed by atoms with E-state index in [1.807, 2.05) is 42.6 Å². The van der Waals surface area contributed by atoms with Gasteiger partial charge >= 0.3 is 0 Å². The van der Waals surface area contributed by atoms with E-state index in [2.05, 4.69) is 10.4 Å². The number of halogens is 2. The van der Waals surface area contributed by atoms with Crippen LogP contribution in [0.4, 0.5) is 0 Å². The first-order valence-corrected chi connectivity index (χ1v) is 6.30. The van der Waals surface area contributed by atoms with Crippen LogP contribution in [0.15, 0.2) is 48.8 Å². The van der Waals surface area contributed by atoms with Gasteiger partial charge in [-0.15, -0.1) is 24.8 Å². The first kappa shape index (κ1) is 19.4. The van der Waals surface area contributed by atoms with Gasteiger partial charge in [-0.05, 0) is 11.6 Å². The van der Waals surface area contributed by atoms with Gasteiger partial charge in [0.1, 0.15) is 0 Å². The zero-order chi connectivity index (χ0) is 13.5. The van der Waals surface area contributed by atoms with Crippen molar-refractivity contribution in [2.45, 2.75) is 19.0 Å². The number of aryl methyl sites for hydroxylation is 1. The number of hydrogen-bond acceptors (Lipinski definition) is 3. The molecule has 0 fully saturated rings. The summed E-state index contributed by atoms with van der Waals surface area (Å²) in [6, 6.07) is 11.4. The van der Waals surface area contributed by atoms with Crippen LogP contribution in [-0.2, 0) is 11.3 Å². The lowest BCUT2D eigenvalue weighted by Crippen LogP contribution is -2.32. The molecule has 2 aromatic rings. The molecule has 116 valence electrons. The van der Waals surface area contributed by atoms with Gasteiger partial charge in [-0.25, -0.2) is 0 Å². The number of hydrogen-bond donors (Lipinski definition) is 2. The molecule has 0 radical (unpaired) electrons. The van der Waals surface area contributed by atoms with Crippen molar-refractivity contribution in [3.8, 4) is 0 Å². The molecule has 0 aliphatic carbocycles. The number of carbonyl (C=O) groups is 1. The monoisotopic (exact) mass is 330 g/mol. The first-order chi connectivity index (χ1) is 9.25. The molecule has 1 aromatic carbocycles. The van der Waals surface area contributed by atoms with E-state index in [4.69, 9.17) is 5.73 Å². The van der Waals surface area contributed by atoms with E-state index >= 15 is 0 Å². The molecular weight excluding hydrogens is 311 g/mol. The number of nitrogens with two attached hydrogens (primary N) is 1. The molecular formula is C14H20Cl2N4O. The lowest BCUT2D eigenvalue weighted by Gasteiger charge is -2.13. The third-order valence-corrected chi connectivity index (χ3v) is 2.87. The molecule has 1 amide bonds. The molecule has 7 heteroatoms. The van der Waals surface area contributed by atoms with Crippen molar-refractivity contribution < 1.29 is 4.79 Å². The van der Waals surface area contributed by atoms with Crippen LogP contribution in [0, 0.1) is 0 Å². The molecule has 0 aliphatic heterocycles. The predicted octanol–water partition coefficient (Wildman–Crippen LogP) is 1.93. The highest BCUT2D eigenvalue weighted by molar-refractivity contribution is 5.85. The summed E-state index contributed by atoms with van der Waals surface area (Å²) in [7, 11) is 0. The number of aromatic nitrogens is 2. The fourth-order valence-electron chi connectivity index (χ4n) is 1.78. The molecule has 0 bridgehead atoms. The zero-order valence-electron chi connectivity index (χ0n) is 11.5. The maximum Gasteiger partial charge on any atom is 0.221 e. The molecule has 1 unspecified atom stereocenters. The van der Waals surface area contributed by atoms with Crippen LogP contribution in [0.2, 0.25) is 0 Å². The van der Waals surface area contributed by atoms with Gasteiger partial charge in [0.25, 0.3) is 0 Å². The van der Waals surface area contributed by atoms with Crippen LogP contribution in [0.25, 0.3) is 0 Å². The molecule has 5 nitrogen and oxygen atoms in total. The lowest BCUT2D eigenvalue weighted by molar-refractivity contribution is -0.121. The highest BCUT2D eigenvalue weighted by Gasteiger charge is 2.07. The Kier molecular flexibility index (Phi) is 9.45. The second kappa shape index (κ2) is 10.2. The molecule has 0 aliphatic rings. The SMILES string of the molecule is Cl.Cl.NC(CNC(=O)CCn1cccn1)c1ccccc1. The smallest absolute Gasteiger partial charge is 0.221 e. The minimum absolute atomic E-state index is 0. The second-order valence-electron chi connectivity index (χ2n) is 4.34. The predicted molar refractivity (Wildman–Crippen MR) is 87.7 cm³/mol. The molecule has 0 spiro atoms. The Morgan fingerprint density at radius 1 is 1.24 bits per heavy atom. The van der Waals surface area contributed by atoms with E-state index in [0.717, 1.165) is 5.56 Å². The molecule has 3 N–H and O–H groups in total. The van der Waals surface area contributed by atoms with Gasteiger partial charge in [-0.2, -0.15) is 5.10 Å². The number of carbonyl (C=O) groups excluding carboxylic acids is 1. The van der Waals surface area contributed by atoms with Crippen molar-refractivity contribution >= 4 is 30.7 Å². The van der Waals surface area contributed by atoms with E-state index in [9.17, 15) is 4.79 Å². The highest BCUT2D eigenvalue weighted by atomic mass is 35.5. The Hall–Kier alpha value is -1.56. The summed E-state index contributed by atoms with van der Waals surface area (Å²) in [6.45, 7) is 1.03. The van der Waals surface area contributed by atoms with Crippen molar-refractivity contribution in [2.75, 3.05) is 6.54 Å². The zero-order valence-corrected chi connectivity index (χ0v) is 13.1. The maximum atomic E-state index is 11.7. The van der Waals surface area contributed by atoms with Crippen LogP contribution < -0.4 is 11.1 Å². The van der Waals surface area contributed by atoms with Crippen LogP contribution >= 0.6 is 24.8 Å². The van der Waals surface area contributed by atoms with E-state index in [0.29, 0.717) is 19.5 Å². The van der Waals surface area contributed by atoms with Crippen molar-refractivity contribution in [1.29, 1.82) is 0 Å². The lowest BCUT2D eigenvalue weighted by atomic mass is 10.1. The fourth-order valence-corrected chi connectivity index (χ4v) is 1.78. The number of benzene rings is 1. The maximum absolute atomic E-state index is 11.7. The van der Waals surface area contributed by atoms with Crippen LogP contribution in [-0.4, -0.2) is 22.2 Å². The Bertz CT molecular complexity index is 505. The number of nitrogens with zero attached hydrogens (tertiary/aromatic N) is 2. The van der Waals surface area contributed by atoms with Crippen molar-refractivity contribution in [1.82, 2.24) is 15.1 Å². The van der Waals surface area contributed by atoms with Gasteiger partial charge < -0.3 is 11.1 Å². The topological polar surface area (TPSA) is 72.9 Å². The summed E-state index contributed by atoms with van der Waals surface area (Å²) in [4.78, 5) is 11.7. The first-order valence-electron chi connectivity index (χ1n) is 6.30. The average Bonchev–Trinajstić information content (AvgIpc) is 2.96. The van der Waals surface area contributed by atoms with Crippen LogP contribution in [0.3, 0.4) is 0 Å². The average molecular weight is 331 g/mol. The standard InChI is InChI=1S/C14H18N4O.2ClH/c15-13(12-5-2-1-3-6-12)11-16-14(19)7-10-18-9-4-8-17-18;;/h1-6,8-9,13H,7,10-11,15H2,(H,16,19);2*1H. The largest absolute Gasteiger partial charge is 0.354 e. The number of nitrogens with one attached hydrogen (secondary N) is 1. The third-order valence-electron chi connectivity index (χ3n) is 2.87. The van der Waals surface area contributed by atoms with Gasteiger partial charge in [0.15, 0.2) is 0 Å². The molecule has 0 saturated carbocycles. The molecule has 1 atom stereocenters. The molecule has 21 heavy (non-hydrogen) atoms. The number of amides is 1. The van der Waals surface area contributed by atoms with E-state index < -0.39 is 0 Å². The van der Waals surface area contributed by atoms with Gasteiger partial charge in [-0.1, -0.05) is 30.3 Å². The highest BCUT2D eigenvalue weighted by Crippen LogP contribution is 2.07.